The van der Waals surface area contributed by atoms with Gasteiger partial charge in [0.15, 0.2) is 0 Å². The maximum Gasteiger partial charge on any atom is 0.410 e. The molecule has 6 nitrogen and oxygen atoms in total. The molecule has 0 N–H and O–H groups in total. The van der Waals surface area contributed by atoms with Crippen LogP contribution in [0.5, 0.6) is 0 Å². The molecule has 25 heavy (non-hydrogen) atoms. The van der Waals surface area contributed by atoms with Gasteiger partial charge in [0.2, 0.25) is 0 Å². The summed E-state index contributed by atoms with van der Waals surface area (Å²) >= 11 is 0. The Balaban J connectivity index is 2.79. The van der Waals surface area contributed by atoms with Crippen LogP contribution in [-0.4, -0.2) is 35.2 Å². The number of carbonyl (C=O) groups excluding carboxylic acids is 1. The molecule has 6 heteroatoms. The fourth-order valence-corrected chi connectivity index (χ4v) is 3.89. The lowest BCUT2D eigenvalue weighted by Gasteiger charge is -2.33. The summed E-state index contributed by atoms with van der Waals surface area (Å²) in [5, 5.41) is 3.81. The van der Waals surface area contributed by atoms with Gasteiger partial charge in [-0.1, -0.05) is 25.9 Å². The lowest BCUT2D eigenvalue weighted by atomic mass is 9.79. The Morgan fingerprint density at radius 3 is 2.40 bits per heavy atom. The molecule has 1 saturated heterocycles. The first-order valence-corrected chi connectivity index (χ1v) is 9.25. The SMILES string of the molecule is CC(C)(C)CC(CN=[N+]=[N-])C[C@@H]1CN(C(=O)OC(C)(C)C)C(C)(C)C1. The van der Waals surface area contributed by atoms with Crippen molar-refractivity contribution in [2.24, 2.45) is 22.4 Å². The number of likely N-dealkylation sites (tertiary alicyclic amines) is 1. The molecule has 0 bridgehead atoms. The minimum atomic E-state index is -0.485. The van der Waals surface area contributed by atoms with E-state index >= 15 is 0 Å². The molecule has 0 radical (unpaired) electrons. The number of azide groups is 1. The first-order chi connectivity index (χ1) is 11.2. The van der Waals surface area contributed by atoms with Gasteiger partial charge in [-0.25, -0.2) is 4.79 Å². The van der Waals surface area contributed by atoms with Crippen LogP contribution in [-0.2, 0) is 4.74 Å². The zero-order valence-corrected chi connectivity index (χ0v) is 17.3. The van der Waals surface area contributed by atoms with Gasteiger partial charge >= 0.3 is 6.09 Å². The first kappa shape index (κ1) is 21.6. The van der Waals surface area contributed by atoms with Gasteiger partial charge in [-0.2, -0.15) is 0 Å². The van der Waals surface area contributed by atoms with Crippen molar-refractivity contribution >= 4 is 6.09 Å². The van der Waals surface area contributed by atoms with E-state index in [1.807, 2.05) is 25.7 Å². The highest BCUT2D eigenvalue weighted by atomic mass is 16.6. The normalized spacial score (nSPS) is 21.6. The number of carbonyl (C=O) groups is 1. The van der Waals surface area contributed by atoms with Gasteiger partial charge < -0.3 is 9.64 Å². The smallest absolute Gasteiger partial charge is 0.410 e. The molecule has 1 rings (SSSR count). The van der Waals surface area contributed by atoms with Gasteiger partial charge in [0, 0.05) is 23.5 Å². The van der Waals surface area contributed by atoms with Crippen molar-refractivity contribution in [1.82, 2.24) is 4.90 Å². The molecule has 1 amide bonds. The zero-order valence-electron chi connectivity index (χ0n) is 17.3. The summed E-state index contributed by atoms with van der Waals surface area (Å²) in [4.78, 5) is 17.3. The number of ether oxygens (including phenoxy) is 1. The van der Waals surface area contributed by atoms with E-state index in [9.17, 15) is 4.79 Å². The summed E-state index contributed by atoms with van der Waals surface area (Å²) in [5.41, 5.74) is 8.16. The fourth-order valence-electron chi connectivity index (χ4n) is 3.89. The monoisotopic (exact) mass is 352 g/mol. The summed E-state index contributed by atoms with van der Waals surface area (Å²) in [5.74, 6) is 0.749. The van der Waals surface area contributed by atoms with Crippen LogP contribution in [0.1, 0.15) is 74.7 Å². The van der Waals surface area contributed by atoms with Crippen LogP contribution in [0.4, 0.5) is 4.79 Å². The van der Waals surface area contributed by atoms with E-state index in [2.05, 4.69) is 44.6 Å². The van der Waals surface area contributed by atoms with E-state index < -0.39 is 5.60 Å². The van der Waals surface area contributed by atoms with Gasteiger partial charge in [0.25, 0.3) is 0 Å². The average Bonchev–Trinajstić information content (AvgIpc) is 2.67. The highest BCUT2D eigenvalue weighted by molar-refractivity contribution is 5.69. The van der Waals surface area contributed by atoms with Crippen LogP contribution >= 0.6 is 0 Å². The van der Waals surface area contributed by atoms with Crippen molar-refractivity contribution in [3.63, 3.8) is 0 Å². The average molecular weight is 353 g/mol. The highest BCUT2D eigenvalue weighted by Gasteiger charge is 2.43. The van der Waals surface area contributed by atoms with Crippen molar-refractivity contribution in [3.8, 4) is 0 Å². The van der Waals surface area contributed by atoms with E-state index in [-0.39, 0.29) is 17.0 Å². The van der Waals surface area contributed by atoms with Gasteiger partial charge in [-0.15, -0.1) is 0 Å². The number of amides is 1. The van der Waals surface area contributed by atoms with E-state index in [4.69, 9.17) is 10.3 Å². The fraction of sp³-hybridized carbons (Fsp3) is 0.947. The van der Waals surface area contributed by atoms with Gasteiger partial charge in [-0.3, -0.25) is 0 Å². The summed E-state index contributed by atoms with van der Waals surface area (Å²) in [7, 11) is 0. The molecule has 1 heterocycles. The van der Waals surface area contributed by atoms with Crippen molar-refractivity contribution in [2.45, 2.75) is 85.8 Å². The first-order valence-electron chi connectivity index (χ1n) is 9.25. The molecule has 144 valence electrons. The molecule has 0 aromatic carbocycles. The molecular formula is C19H36N4O2. The summed E-state index contributed by atoms with van der Waals surface area (Å²) < 4.78 is 5.58. The van der Waals surface area contributed by atoms with Gasteiger partial charge in [0.05, 0.1) is 0 Å². The molecule has 0 spiro atoms. The molecule has 0 aromatic heterocycles. The minimum Gasteiger partial charge on any atom is -0.444 e. The molecular weight excluding hydrogens is 316 g/mol. The van der Waals surface area contributed by atoms with Gasteiger partial charge in [0.1, 0.15) is 5.60 Å². The number of hydrogen-bond acceptors (Lipinski definition) is 3. The van der Waals surface area contributed by atoms with Crippen LogP contribution in [0.25, 0.3) is 10.4 Å². The lowest BCUT2D eigenvalue weighted by Crippen LogP contribution is -2.45. The van der Waals surface area contributed by atoms with E-state index in [0.29, 0.717) is 24.9 Å². The number of nitrogens with zero attached hydrogens (tertiary/aromatic N) is 4. The van der Waals surface area contributed by atoms with E-state index in [1.165, 1.54) is 0 Å². The Hall–Kier alpha value is -1.42. The van der Waals surface area contributed by atoms with Crippen molar-refractivity contribution in [3.05, 3.63) is 10.4 Å². The third-order valence-corrected chi connectivity index (χ3v) is 4.54. The van der Waals surface area contributed by atoms with Crippen LogP contribution in [0, 0.1) is 17.3 Å². The molecule has 2 atom stereocenters. The largest absolute Gasteiger partial charge is 0.444 e. The highest BCUT2D eigenvalue weighted by Crippen LogP contribution is 2.39. The summed E-state index contributed by atoms with van der Waals surface area (Å²) in [6, 6.07) is 0. The van der Waals surface area contributed by atoms with Crippen LogP contribution in [0.15, 0.2) is 5.11 Å². The molecule has 1 unspecified atom stereocenters. The maximum absolute atomic E-state index is 12.5. The molecule has 1 fully saturated rings. The van der Waals surface area contributed by atoms with Crippen LogP contribution in [0.3, 0.4) is 0 Å². The molecule has 0 saturated carbocycles. The van der Waals surface area contributed by atoms with Crippen LogP contribution in [0.2, 0.25) is 0 Å². The predicted molar refractivity (Wildman–Crippen MR) is 101 cm³/mol. The third kappa shape index (κ3) is 7.55. The lowest BCUT2D eigenvalue weighted by molar-refractivity contribution is 0.0130. The second-order valence-electron chi connectivity index (χ2n) is 10.3. The Bertz CT molecular complexity index is 510. The van der Waals surface area contributed by atoms with E-state index in [0.717, 1.165) is 19.3 Å². The Morgan fingerprint density at radius 2 is 1.92 bits per heavy atom. The van der Waals surface area contributed by atoms with Gasteiger partial charge in [-0.05, 0) is 76.7 Å². The molecule has 1 aliphatic heterocycles. The molecule has 1 aliphatic rings. The Labute approximate surface area is 152 Å². The second-order valence-corrected chi connectivity index (χ2v) is 10.3. The Morgan fingerprint density at radius 1 is 1.32 bits per heavy atom. The zero-order chi connectivity index (χ0) is 19.5. The van der Waals surface area contributed by atoms with Crippen molar-refractivity contribution in [2.75, 3.05) is 13.1 Å². The number of rotatable bonds is 5. The van der Waals surface area contributed by atoms with Crippen LogP contribution < -0.4 is 0 Å². The summed E-state index contributed by atoms with van der Waals surface area (Å²) in [6.45, 7) is 17.7. The summed E-state index contributed by atoms with van der Waals surface area (Å²) in [6.07, 6.45) is 2.69. The standard InChI is InChI=1S/C19H36N4O2/c1-17(2,3)10-14(12-21-22-20)9-15-11-19(7,8)23(13-15)16(24)25-18(4,5)6/h14-15H,9-13H2,1-8H3/t14?,15-/m0/s1. The quantitative estimate of drug-likeness (QED) is 0.357. The maximum atomic E-state index is 12.5. The van der Waals surface area contributed by atoms with Crippen molar-refractivity contribution < 1.29 is 9.53 Å². The minimum absolute atomic E-state index is 0.189. The third-order valence-electron chi connectivity index (χ3n) is 4.54. The predicted octanol–water partition coefficient (Wildman–Crippen LogP) is 5.77. The van der Waals surface area contributed by atoms with E-state index in [1.54, 1.807) is 0 Å². The molecule has 0 aromatic rings. The number of hydrogen-bond donors (Lipinski definition) is 0. The Kier molecular flexibility index (Phi) is 6.80. The topological polar surface area (TPSA) is 78.3 Å². The van der Waals surface area contributed by atoms with Crippen molar-refractivity contribution in [1.29, 1.82) is 0 Å². The second kappa shape index (κ2) is 7.86. The molecule has 0 aliphatic carbocycles.